The summed E-state index contributed by atoms with van der Waals surface area (Å²) < 4.78 is 16.8. The Balaban J connectivity index is 4.38. The van der Waals surface area contributed by atoms with E-state index in [1.165, 1.54) is 135 Å². The number of carbonyl (C=O) groups is 3. The molecule has 0 aromatic carbocycles. The highest BCUT2D eigenvalue weighted by Gasteiger charge is 2.19. The average molecular weight is 936 g/mol. The maximum atomic E-state index is 12.8. The molecule has 6 nitrogen and oxygen atoms in total. The zero-order valence-electron chi connectivity index (χ0n) is 44.2. The average Bonchev–Trinajstić information content (AvgIpc) is 3.33. The van der Waals surface area contributed by atoms with Crippen molar-refractivity contribution in [3.63, 3.8) is 0 Å². The maximum Gasteiger partial charge on any atom is 0.306 e. The van der Waals surface area contributed by atoms with Crippen LogP contribution in [0.3, 0.4) is 0 Å². The van der Waals surface area contributed by atoms with Crippen LogP contribution in [0.5, 0.6) is 0 Å². The Morgan fingerprint density at radius 3 is 0.985 bits per heavy atom. The van der Waals surface area contributed by atoms with Gasteiger partial charge in [0.1, 0.15) is 13.2 Å². The van der Waals surface area contributed by atoms with E-state index in [1.54, 1.807) is 0 Å². The highest BCUT2D eigenvalue weighted by atomic mass is 16.6. The Bertz CT molecular complexity index is 1260. The van der Waals surface area contributed by atoms with E-state index in [0.717, 1.165) is 103 Å². The summed E-state index contributed by atoms with van der Waals surface area (Å²) in [6.07, 6.45) is 70.4. The van der Waals surface area contributed by atoms with Crippen LogP contribution in [0.4, 0.5) is 0 Å². The summed E-state index contributed by atoms with van der Waals surface area (Å²) in [5.74, 6) is -0.924. The lowest BCUT2D eigenvalue weighted by atomic mass is 10.0. The summed E-state index contributed by atoms with van der Waals surface area (Å²) in [4.78, 5) is 38.1. The van der Waals surface area contributed by atoms with Gasteiger partial charge in [-0.3, -0.25) is 14.4 Å². The molecule has 0 aliphatic rings. The molecule has 0 rings (SSSR count). The molecule has 0 aliphatic carbocycles. The molecular formula is C61H106O6. The van der Waals surface area contributed by atoms with Crippen LogP contribution in [0.1, 0.15) is 278 Å². The Morgan fingerprint density at radius 1 is 0.313 bits per heavy atom. The van der Waals surface area contributed by atoms with Gasteiger partial charge in [0.05, 0.1) is 0 Å². The molecule has 67 heavy (non-hydrogen) atoms. The normalized spacial score (nSPS) is 12.6. The molecule has 0 bridgehead atoms. The molecule has 0 saturated heterocycles. The Morgan fingerprint density at radius 2 is 0.597 bits per heavy atom. The summed E-state index contributed by atoms with van der Waals surface area (Å²) in [6.45, 7) is 6.48. The third-order valence-electron chi connectivity index (χ3n) is 12.2. The van der Waals surface area contributed by atoms with Crippen LogP contribution in [0, 0.1) is 0 Å². The monoisotopic (exact) mass is 935 g/mol. The molecule has 6 heteroatoms. The first-order valence-electron chi connectivity index (χ1n) is 28.4. The van der Waals surface area contributed by atoms with Gasteiger partial charge in [-0.2, -0.15) is 0 Å². The molecule has 0 heterocycles. The van der Waals surface area contributed by atoms with Crippen molar-refractivity contribution in [1.29, 1.82) is 0 Å². The van der Waals surface area contributed by atoms with Crippen molar-refractivity contribution >= 4 is 17.9 Å². The van der Waals surface area contributed by atoms with Crippen molar-refractivity contribution in [3.8, 4) is 0 Å². The minimum Gasteiger partial charge on any atom is -0.462 e. The number of unbranched alkanes of at least 4 members (excludes halogenated alkanes) is 28. The minimum atomic E-state index is -0.794. The Kier molecular flexibility index (Phi) is 52.8. The molecule has 0 N–H and O–H groups in total. The zero-order valence-corrected chi connectivity index (χ0v) is 44.2. The van der Waals surface area contributed by atoms with Gasteiger partial charge in [0, 0.05) is 19.3 Å². The topological polar surface area (TPSA) is 78.9 Å². The van der Waals surface area contributed by atoms with Gasteiger partial charge in [-0.1, -0.05) is 248 Å². The SMILES string of the molecule is CC/C=C\C/C=C\C/C=C\C/C=C\C/C=C\CCCCCC(=O)O[C@H](COC(=O)CCCCCCC/C=C\CCCC)COC(=O)CCCCCCCCCCCCCCCCCCCCC. The third-order valence-corrected chi connectivity index (χ3v) is 12.2. The Hall–Kier alpha value is -3.15. The van der Waals surface area contributed by atoms with E-state index in [4.69, 9.17) is 14.2 Å². The fourth-order valence-corrected chi connectivity index (χ4v) is 7.92. The molecule has 386 valence electrons. The van der Waals surface area contributed by atoms with Gasteiger partial charge in [-0.05, 0) is 83.5 Å². The van der Waals surface area contributed by atoms with Crippen molar-refractivity contribution < 1.29 is 28.6 Å². The molecule has 0 unspecified atom stereocenters. The Labute approximate surface area is 414 Å². The summed E-state index contributed by atoms with van der Waals surface area (Å²) in [5.41, 5.74) is 0. The minimum absolute atomic E-state index is 0.0893. The number of ether oxygens (including phenoxy) is 3. The highest BCUT2D eigenvalue weighted by molar-refractivity contribution is 5.71. The molecule has 0 radical (unpaired) electrons. The second kappa shape index (κ2) is 55.4. The number of allylic oxidation sites excluding steroid dienone is 12. The van der Waals surface area contributed by atoms with E-state index >= 15 is 0 Å². The van der Waals surface area contributed by atoms with Crippen LogP contribution in [0.15, 0.2) is 72.9 Å². The van der Waals surface area contributed by atoms with Crippen molar-refractivity contribution in [2.45, 2.75) is 284 Å². The molecule has 0 saturated carbocycles. The number of hydrogen-bond donors (Lipinski definition) is 0. The van der Waals surface area contributed by atoms with Crippen LogP contribution in [-0.4, -0.2) is 37.2 Å². The van der Waals surface area contributed by atoms with Crippen LogP contribution < -0.4 is 0 Å². The van der Waals surface area contributed by atoms with Crippen LogP contribution in [0.25, 0.3) is 0 Å². The standard InChI is InChI=1S/C61H106O6/c1-4-7-10-13-16-19-22-24-26-28-30-32-34-36-39-42-45-48-51-54-60(63)66-57-58(56-65-59(62)53-50-47-44-41-38-21-18-15-12-9-6-3)67-61(64)55-52-49-46-43-40-37-35-33-31-29-27-25-23-20-17-14-11-8-5-2/h8,11,15,17-18,20,25,27,31,33,37,40,58H,4-7,9-10,12-14,16,19,21-24,26,28-30,32,34-36,38-39,41-57H2,1-3H3/b11-8-,18-15-,20-17-,27-25-,33-31-,40-37-/t58-/m1/s1. The molecule has 0 fully saturated rings. The summed E-state index contributed by atoms with van der Waals surface area (Å²) in [5, 5.41) is 0. The van der Waals surface area contributed by atoms with Crippen molar-refractivity contribution in [3.05, 3.63) is 72.9 Å². The number of rotatable bonds is 51. The predicted octanol–water partition coefficient (Wildman–Crippen LogP) is 19.0. The quantitative estimate of drug-likeness (QED) is 0.0262. The van der Waals surface area contributed by atoms with Crippen LogP contribution >= 0.6 is 0 Å². The van der Waals surface area contributed by atoms with Crippen molar-refractivity contribution in [1.82, 2.24) is 0 Å². The molecule has 0 amide bonds. The second-order valence-corrected chi connectivity index (χ2v) is 18.8. The third kappa shape index (κ3) is 53.7. The lowest BCUT2D eigenvalue weighted by Crippen LogP contribution is -2.30. The van der Waals surface area contributed by atoms with E-state index in [1.807, 2.05) is 0 Å². The number of carbonyl (C=O) groups excluding carboxylic acids is 3. The molecule has 0 spiro atoms. The van der Waals surface area contributed by atoms with Crippen LogP contribution in [0.2, 0.25) is 0 Å². The fraction of sp³-hybridized carbons (Fsp3) is 0.754. The lowest BCUT2D eigenvalue weighted by Gasteiger charge is -2.18. The largest absolute Gasteiger partial charge is 0.462 e. The van der Waals surface area contributed by atoms with E-state index in [9.17, 15) is 14.4 Å². The van der Waals surface area contributed by atoms with Crippen molar-refractivity contribution in [2.24, 2.45) is 0 Å². The maximum absolute atomic E-state index is 12.8. The van der Waals surface area contributed by atoms with Gasteiger partial charge < -0.3 is 14.2 Å². The lowest BCUT2D eigenvalue weighted by molar-refractivity contribution is -0.167. The summed E-state index contributed by atoms with van der Waals surface area (Å²) in [6, 6.07) is 0. The molecule has 0 aromatic rings. The van der Waals surface area contributed by atoms with Crippen molar-refractivity contribution in [2.75, 3.05) is 13.2 Å². The first-order chi connectivity index (χ1) is 33.0. The van der Waals surface area contributed by atoms with Gasteiger partial charge in [0.25, 0.3) is 0 Å². The van der Waals surface area contributed by atoms with Crippen LogP contribution in [-0.2, 0) is 28.6 Å². The summed E-state index contributed by atoms with van der Waals surface area (Å²) >= 11 is 0. The van der Waals surface area contributed by atoms with E-state index in [0.29, 0.717) is 12.8 Å². The number of esters is 3. The first kappa shape index (κ1) is 63.8. The van der Waals surface area contributed by atoms with E-state index in [-0.39, 0.29) is 37.5 Å². The van der Waals surface area contributed by atoms with Gasteiger partial charge in [-0.15, -0.1) is 0 Å². The van der Waals surface area contributed by atoms with E-state index in [2.05, 4.69) is 93.7 Å². The van der Waals surface area contributed by atoms with E-state index < -0.39 is 6.10 Å². The predicted molar refractivity (Wildman–Crippen MR) is 288 cm³/mol. The van der Waals surface area contributed by atoms with Gasteiger partial charge in [0.15, 0.2) is 6.10 Å². The van der Waals surface area contributed by atoms with Gasteiger partial charge in [-0.25, -0.2) is 0 Å². The molecule has 0 aromatic heterocycles. The highest BCUT2D eigenvalue weighted by Crippen LogP contribution is 2.16. The second-order valence-electron chi connectivity index (χ2n) is 18.8. The first-order valence-corrected chi connectivity index (χ1v) is 28.4. The number of hydrogen-bond acceptors (Lipinski definition) is 6. The summed E-state index contributed by atoms with van der Waals surface area (Å²) in [7, 11) is 0. The van der Waals surface area contributed by atoms with Gasteiger partial charge >= 0.3 is 17.9 Å². The zero-order chi connectivity index (χ0) is 48.6. The molecular weight excluding hydrogens is 829 g/mol. The molecule has 1 atom stereocenters. The van der Waals surface area contributed by atoms with Gasteiger partial charge in [0.2, 0.25) is 0 Å². The molecule has 0 aliphatic heterocycles. The smallest absolute Gasteiger partial charge is 0.306 e. The fourth-order valence-electron chi connectivity index (χ4n) is 7.92.